The van der Waals surface area contributed by atoms with E-state index in [-0.39, 0.29) is 23.3 Å². The molecule has 0 spiro atoms. The summed E-state index contributed by atoms with van der Waals surface area (Å²) >= 11 is 12.2. The minimum Gasteiger partial charge on any atom is -0.373 e. The highest BCUT2D eigenvalue weighted by Gasteiger charge is 2.40. The van der Waals surface area contributed by atoms with Gasteiger partial charge in [0, 0.05) is 5.69 Å². The molecule has 1 aliphatic rings. The Balaban J connectivity index is 1.89. The SMILES string of the molecule is Cc1cccc(N[C@H]2CC(=O)N(c3cccc(Cl)c3Cl)C2=O)c1C. The minimum atomic E-state index is -0.618. The number of carbonyl (C=O) groups is 2. The van der Waals surface area contributed by atoms with E-state index < -0.39 is 6.04 Å². The highest BCUT2D eigenvalue weighted by molar-refractivity contribution is 6.45. The molecule has 0 unspecified atom stereocenters. The molecular formula is C18H16Cl2N2O2. The van der Waals surface area contributed by atoms with Crippen LogP contribution in [0, 0.1) is 13.8 Å². The van der Waals surface area contributed by atoms with Crippen molar-refractivity contribution < 1.29 is 9.59 Å². The molecular weight excluding hydrogens is 347 g/mol. The van der Waals surface area contributed by atoms with Gasteiger partial charge in [-0.3, -0.25) is 9.59 Å². The van der Waals surface area contributed by atoms with E-state index in [1.165, 1.54) is 0 Å². The normalized spacial score (nSPS) is 17.5. The number of nitrogens with one attached hydrogen (secondary N) is 1. The van der Waals surface area contributed by atoms with Gasteiger partial charge in [0.1, 0.15) is 6.04 Å². The Morgan fingerprint density at radius 3 is 2.54 bits per heavy atom. The zero-order valence-electron chi connectivity index (χ0n) is 13.3. The quantitative estimate of drug-likeness (QED) is 0.825. The number of rotatable bonds is 3. The van der Waals surface area contributed by atoms with Gasteiger partial charge in [0.15, 0.2) is 0 Å². The summed E-state index contributed by atoms with van der Waals surface area (Å²) < 4.78 is 0. The molecule has 0 radical (unpaired) electrons. The second kappa shape index (κ2) is 6.46. The van der Waals surface area contributed by atoms with Gasteiger partial charge in [0.2, 0.25) is 5.91 Å². The number of benzene rings is 2. The molecule has 0 bridgehead atoms. The molecule has 24 heavy (non-hydrogen) atoms. The summed E-state index contributed by atoms with van der Waals surface area (Å²) in [5.74, 6) is -0.628. The third kappa shape index (κ3) is 2.87. The van der Waals surface area contributed by atoms with Crippen LogP contribution in [0.3, 0.4) is 0 Å². The number of hydrogen-bond donors (Lipinski definition) is 1. The number of imide groups is 1. The van der Waals surface area contributed by atoms with E-state index in [1.807, 2.05) is 32.0 Å². The molecule has 2 amide bonds. The van der Waals surface area contributed by atoms with E-state index >= 15 is 0 Å². The minimum absolute atomic E-state index is 0.0784. The number of carbonyl (C=O) groups excluding carboxylic acids is 2. The first kappa shape index (κ1) is 16.8. The van der Waals surface area contributed by atoms with E-state index in [4.69, 9.17) is 23.2 Å². The zero-order valence-corrected chi connectivity index (χ0v) is 14.8. The number of nitrogens with zero attached hydrogens (tertiary/aromatic N) is 1. The average molecular weight is 363 g/mol. The van der Waals surface area contributed by atoms with Crippen molar-refractivity contribution in [3.05, 3.63) is 57.6 Å². The first-order chi connectivity index (χ1) is 11.4. The molecule has 0 saturated carbocycles. The van der Waals surface area contributed by atoms with E-state index in [0.717, 1.165) is 21.7 Å². The lowest BCUT2D eigenvalue weighted by Crippen LogP contribution is -2.35. The molecule has 1 heterocycles. The van der Waals surface area contributed by atoms with Crippen molar-refractivity contribution in [1.29, 1.82) is 0 Å². The Morgan fingerprint density at radius 1 is 1.08 bits per heavy atom. The molecule has 0 aliphatic carbocycles. The fraction of sp³-hybridized carbons (Fsp3) is 0.222. The molecule has 1 atom stereocenters. The molecule has 1 saturated heterocycles. The van der Waals surface area contributed by atoms with Crippen molar-refractivity contribution >= 4 is 46.4 Å². The van der Waals surface area contributed by atoms with Gasteiger partial charge >= 0.3 is 0 Å². The molecule has 6 heteroatoms. The predicted octanol–water partition coefficient (Wildman–Crippen LogP) is 4.35. The van der Waals surface area contributed by atoms with Crippen molar-refractivity contribution in [2.45, 2.75) is 26.3 Å². The second-order valence-electron chi connectivity index (χ2n) is 5.79. The lowest BCUT2D eigenvalue weighted by Gasteiger charge is -2.18. The fourth-order valence-electron chi connectivity index (χ4n) is 2.76. The van der Waals surface area contributed by atoms with Crippen LogP contribution in [0.2, 0.25) is 10.0 Å². The Bertz CT molecular complexity index is 836. The number of amides is 2. The Labute approximate surface area is 150 Å². The summed E-state index contributed by atoms with van der Waals surface area (Å²) in [7, 11) is 0. The Hall–Kier alpha value is -2.04. The summed E-state index contributed by atoms with van der Waals surface area (Å²) in [5.41, 5.74) is 3.34. The van der Waals surface area contributed by atoms with Crippen LogP contribution in [0.1, 0.15) is 17.5 Å². The van der Waals surface area contributed by atoms with Crippen LogP contribution in [-0.2, 0) is 9.59 Å². The number of anilines is 2. The van der Waals surface area contributed by atoms with Crippen molar-refractivity contribution in [2.24, 2.45) is 0 Å². The van der Waals surface area contributed by atoms with Crippen LogP contribution in [0.25, 0.3) is 0 Å². The number of hydrogen-bond acceptors (Lipinski definition) is 3. The van der Waals surface area contributed by atoms with Crippen LogP contribution in [0.4, 0.5) is 11.4 Å². The average Bonchev–Trinajstić information content (AvgIpc) is 2.81. The van der Waals surface area contributed by atoms with Crippen molar-refractivity contribution in [3.63, 3.8) is 0 Å². The Morgan fingerprint density at radius 2 is 1.79 bits per heavy atom. The van der Waals surface area contributed by atoms with Gasteiger partial charge in [-0.1, -0.05) is 41.4 Å². The smallest absolute Gasteiger partial charge is 0.256 e. The van der Waals surface area contributed by atoms with Gasteiger partial charge in [0.05, 0.1) is 22.2 Å². The number of halogens is 2. The molecule has 124 valence electrons. The standard InChI is InChI=1S/C18H16Cl2N2O2/c1-10-5-3-7-13(11(10)2)21-14-9-16(23)22(18(14)24)15-8-4-6-12(19)17(15)20/h3-8,14,21H,9H2,1-2H3/t14-/m0/s1. The monoisotopic (exact) mass is 362 g/mol. The van der Waals surface area contributed by atoms with Gasteiger partial charge in [-0.25, -0.2) is 4.90 Å². The third-order valence-corrected chi connectivity index (χ3v) is 5.06. The predicted molar refractivity (Wildman–Crippen MR) is 96.9 cm³/mol. The summed E-state index contributed by atoms with van der Waals surface area (Å²) in [6.45, 7) is 3.98. The molecule has 3 rings (SSSR count). The first-order valence-electron chi connectivity index (χ1n) is 7.53. The Kier molecular flexibility index (Phi) is 4.52. The maximum atomic E-state index is 12.7. The lowest BCUT2D eigenvalue weighted by atomic mass is 10.1. The highest BCUT2D eigenvalue weighted by atomic mass is 35.5. The summed E-state index contributed by atoms with van der Waals surface area (Å²) in [4.78, 5) is 26.2. The molecule has 0 aromatic heterocycles. The molecule has 1 fully saturated rings. The fourth-order valence-corrected chi connectivity index (χ4v) is 3.14. The van der Waals surface area contributed by atoms with Crippen LogP contribution in [0.15, 0.2) is 36.4 Å². The molecule has 4 nitrogen and oxygen atoms in total. The zero-order chi connectivity index (χ0) is 17.4. The van der Waals surface area contributed by atoms with Crippen LogP contribution in [0.5, 0.6) is 0 Å². The second-order valence-corrected chi connectivity index (χ2v) is 6.57. The van der Waals surface area contributed by atoms with E-state index in [0.29, 0.717) is 10.7 Å². The number of aryl methyl sites for hydroxylation is 1. The topological polar surface area (TPSA) is 49.4 Å². The highest BCUT2D eigenvalue weighted by Crippen LogP contribution is 2.35. The van der Waals surface area contributed by atoms with Gasteiger partial charge < -0.3 is 5.32 Å². The van der Waals surface area contributed by atoms with Gasteiger partial charge in [-0.2, -0.15) is 0 Å². The molecule has 2 aromatic rings. The van der Waals surface area contributed by atoms with Crippen molar-refractivity contribution in [1.82, 2.24) is 0 Å². The van der Waals surface area contributed by atoms with Crippen LogP contribution >= 0.6 is 23.2 Å². The van der Waals surface area contributed by atoms with Gasteiger partial charge in [-0.15, -0.1) is 0 Å². The first-order valence-corrected chi connectivity index (χ1v) is 8.29. The summed E-state index contributed by atoms with van der Waals surface area (Å²) in [5, 5.41) is 3.68. The molecule has 1 aliphatic heterocycles. The largest absolute Gasteiger partial charge is 0.373 e. The van der Waals surface area contributed by atoms with Crippen LogP contribution < -0.4 is 10.2 Å². The third-order valence-electron chi connectivity index (χ3n) is 4.25. The van der Waals surface area contributed by atoms with E-state index in [9.17, 15) is 9.59 Å². The van der Waals surface area contributed by atoms with Crippen LogP contribution in [-0.4, -0.2) is 17.9 Å². The maximum absolute atomic E-state index is 12.7. The summed E-state index contributed by atoms with van der Waals surface area (Å²) in [6.07, 6.45) is 0.0784. The van der Waals surface area contributed by atoms with Gasteiger partial charge in [-0.05, 0) is 43.2 Å². The van der Waals surface area contributed by atoms with Crippen molar-refractivity contribution in [3.8, 4) is 0 Å². The van der Waals surface area contributed by atoms with E-state index in [2.05, 4.69) is 5.32 Å². The summed E-state index contributed by atoms with van der Waals surface area (Å²) in [6, 6.07) is 10.1. The molecule has 2 aromatic carbocycles. The van der Waals surface area contributed by atoms with E-state index in [1.54, 1.807) is 18.2 Å². The van der Waals surface area contributed by atoms with Gasteiger partial charge in [0.25, 0.3) is 5.91 Å². The maximum Gasteiger partial charge on any atom is 0.256 e. The lowest BCUT2D eigenvalue weighted by molar-refractivity contribution is -0.121. The molecule has 1 N–H and O–H groups in total. The van der Waals surface area contributed by atoms with Crippen molar-refractivity contribution in [2.75, 3.05) is 10.2 Å².